The van der Waals surface area contributed by atoms with E-state index in [0.717, 1.165) is 30.3 Å². The van der Waals surface area contributed by atoms with Crippen molar-refractivity contribution in [3.05, 3.63) is 88.5 Å². The van der Waals surface area contributed by atoms with Gasteiger partial charge in [0.25, 0.3) is 0 Å². The standard InChI is InChI=1S/C29H31IO2/c1-22-19-27(21-31)29(32-18-9-4-3-8-17-30)20-26(22)16-15-24-13-10-14-28(23(24)2)25-11-6-5-7-12-25/h5-7,10-16,19-21H,3-4,8-9,17-18H2,1-2H3/b16-15+. The maximum atomic E-state index is 11.6. The summed E-state index contributed by atoms with van der Waals surface area (Å²) in [4.78, 5) is 11.6. The molecule has 0 saturated carbocycles. The molecule has 0 aliphatic carbocycles. The first kappa shape index (κ1) is 24.2. The van der Waals surface area contributed by atoms with Gasteiger partial charge in [0.1, 0.15) is 5.75 Å². The molecule has 0 saturated heterocycles. The number of unbranched alkanes of at least 4 members (excludes halogenated alkanes) is 3. The molecule has 0 amide bonds. The molecule has 2 nitrogen and oxygen atoms in total. The first-order valence-corrected chi connectivity index (χ1v) is 12.8. The summed E-state index contributed by atoms with van der Waals surface area (Å²) in [5.41, 5.74) is 7.65. The van der Waals surface area contributed by atoms with E-state index < -0.39 is 0 Å². The average molecular weight is 538 g/mol. The minimum absolute atomic E-state index is 0.620. The maximum Gasteiger partial charge on any atom is 0.153 e. The Morgan fingerprint density at radius 3 is 2.31 bits per heavy atom. The Labute approximate surface area is 205 Å². The van der Waals surface area contributed by atoms with Crippen molar-refractivity contribution in [2.45, 2.75) is 39.5 Å². The van der Waals surface area contributed by atoms with Gasteiger partial charge in [-0.1, -0.05) is 96.1 Å². The number of alkyl halides is 1. The molecule has 0 unspecified atom stereocenters. The zero-order valence-electron chi connectivity index (χ0n) is 18.9. The Hall–Kier alpha value is -2.40. The average Bonchev–Trinajstić information content (AvgIpc) is 2.82. The highest BCUT2D eigenvalue weighted by molar-refractivity contribution is 14.1. The maximum absolute atomic E-state index is 11.6. The third kappa shape index (κ3) is 6.55. The molecule has 0 radical (unpaired) electrons. The summed E-state index contributed by atoms with van der Waals surface area (Å²) in [5, 5.41) is 0. The quantitative estimate of drug-likeness (QED) is 0.0807. The molecule has 3 aromatic rings. The molecule has 0 heterocycles. The van der Waals surface area contributed by atoms with Gasteiger partial charge >= 0.3 is 0 Å². The van der Waals surface area contributed by atoms with Crippen LogP contribution in [0, 0.1) is 13.8 Å². The number of carbonyl (C=O) groups is 1. The highest BCUT2D eigenvalue weighted by Crippen LogP contribution is 2.28. The van der Waals surface area contributed by atoms with Crippen LogP contribution in [0.3, 0.4) is 0 Å². The summed E-state index contributed by atoms with van der Waals surface area (Å²) in [7, 11) is 0. The van der Waals surface area contributed by atoms with Gasteiger partial charge in [-0.25, -0.2) is 0 Å². The Morgan fingerprint density at radius 2 is 1.56 bits per heavy atom. The van der Waals surface area contributed by atoms with Crippen molar-refractivity contribution in [1.82, 2.24) is 0 Å². The fraction of sp³-hybridized carbons (Fsp3) is 0.276. The zero-order valence-corrected chi connectivity index (χ0v) is 21.1. The van der Waals surface area contributed by atoms with Crippen molar-refractivity contribution in [1.29, 1.82) is 0 Å². The van der Waals surface area contributed by atoms with E-state index in [4.69, 9.17) is 4.74 Å². The Balaban J connectivity index is 1.79. The number of hydrogen-bond donors (Lipinski definition) is 0. The van der Waals surface area contributed by atoms with Crippen LogP contribution in [0.5, 0.6) is 5.75 Å². The van der Waals surface area contributed by atoms with Crippen molar-refractivity contribution in [2.75, 3.05) is 11.0 Å². The molecular weight excluding hydrogens is 507 g/mol. The van der Waals surface area contributed by atoms with Crippen LogP contribution in [0.1, 0.15) is 58.3 Å². The van der Waals surface area contributed by atoms with Gasteiger partial charge < -0.3 is 4.74 Å². The lowest BCUT2D eigenvalue weighted by atomic mass is 9.95. The molecular formula is C29H31IO2. The lowest BCUT2D eigenvalue weighted by Crippen LogP contribution is -2.01. The number of carbonyl (C=O) groups excluding carboxylic acids is 1. The summed E-state index contributed by atoms with van der Waals surface area (Å²) in [6.07, 6.45) is 9.82. The number of ether oxygens (including phenoxy) is 1. The summed E-state index contributed by atoms with van der Waals surface area (Å²) < 4.78 is 7.19. The van der Waals surface area contributed by atoms with E-state index in [0.29, 0.717) is 17.9 Å². The van der Waals surface area contributed by atoms with Gasteiger partial charge in [0.2, 0.25) is 0 Å². The lowest BCUT2D eigenvalue weighted by Gasteiger charge is -2.12. The third-order valence-electron chi connectivity index (χ3n) is 5.71. The van der Waals surface area contributed by atoms with E-state index in [-0.39, 0.29) is 0 Å². The van der Waals surface area contributed by atoms with Gasteiger partial charge in [-0.15, -0.1) is 0 Å². The predicted octanol–water partition coefficient (Wildman–Crippen LogP) is 8.33. The number of halogens is 1. The minimum atomic E-state index is 0.620. The van der Waals surface area contributed by atoms with Crippen LogP contribution in [0.15, 0.2) is 60.7 Å². The fourth-order valence-electron chi connectivity index (χ4n) is 3.80. The van der Waals surface area contributed by atoms with Crippen molar-refractivity contribution >= 4 is 41.0 Å². The molecule has 0 fully saturated rings. The van der Waals surface area contributed by atoms with Crippen molar-refractivity contribution < 1.29 is 9.53 Å². The van der Waals surface area contributed by atoms with Crippen LogP contribution in [-0.4, -0.2) is 17.3 Å². The van der Waals surface area contributed by atoms with Crippen LogP contribution in [-0.2, 0) is 0 Å². The van der Waals surface area contributed by atoms with E-state index in [9.17, 15) is 4.79 Å². The lowest BCUT2D eigenvalue weighted by molar-refractivity contribution is 0.111. The number of aldehydes is 1. The van der Waals surface area contributed by atoms with E-state index >= 15 is 0 Å². The number of aryl methyl sites for hydroxylation is 1. The Morgan fingerprint density at radius 1 is 0.812 bits per heavy atom. The summed E-state index contributed by atoms with van der Waals surface area (Å²) in [5.74, 6) is 0.675. The molecule has 3 heteroatoms. The number of hydrogen-bond acceptors (Lipinski definition) is 2. The summed E-state index contributed by atoms with van der Waals surface area (Å²) in [6.45, 7) is 4.84. The normalized spacial score (nSPS) is 11.1. The first-order chi connectivity index (χ1) is 15.6. The molecule has 0 bridgehead atoms. The molecule has 0 aliphatic heterocycles. The van der Waals surface area contributed by atoms with E-state index in [1.54, 1.807) is 0 Å². The van der Waals surface area contributed by atoms with E-state index in [2.05, 4.69) is 84.1 Å². The summed E-state index contributed by atoms with van der Waals surface area (Å²) in [6, 6.07) is 20.8. The van der Waals surface area contributed by atoms with Gasteiger partial charge in [0, 0.05) is 0 Å². The predicted molar refractivity (Wildman–Crippen MR) is 145 cm³/mol. The first-order valence-electron chi connectivity index (χ1n) is 11.3. The molecule has 0 N–H and O–H groups in total. The number of rotatable bonds is 11. The summed E-state index contributed by atoms with van der Waals surface area (Å²) >= 11 is 2.42. The fourth-order valence-corrected chi connectivity index (χ4v) is 4.34. The Bertz CT molecular complexity index is 1050. The second kappa shape index (κ2) is 12.6. The molecule has 3 rings (SSSR count). The van der Waals surface area contributed by atoms with Gasteiger partial charge in [-0.2, -0.15) is 0 Å². The van der Waals surface area contributed by atoms with Crippen LogP contribution in [0.4, 0.5) is 0 Å². The van der Waals surface area contributed by atoms with Crippen molar-refractivity contribution in [3.8, 4) is 16.9 Å². The molecule has 32 heavy (non-hydrogen) atoms. The van der Waals surface area contributed by atoms with Crippen LogP contribution in [0.25, 0.3) is 23.3 Å². The van der Waals surface area contributed by atoms with Gasteiger partial charge in [-0.05, 0) is 76.6 Å². The largest absolute Gasteiger partial charge is 0.493 e. The number of benzene rings is 3. The molecule has 0 aliphatic rings. The molecule has 3 aromatic carbocycles. The highest BCUT2D eigenvalue weighted by Gasteiger charge is 2.08. The van der Waals surface area contributed by atoms with E-state index in [1.807, 2.05) is 25.1 Å². The van der Waals surface area contributed by atoms with Crippen LogP contribution >= 0.6 is 22.6 Å². The Kier molecular flexibility index (Phi) is 9.54. The van der Waals surface area contributed by atoms with E-state index in [1.165, 1.54) is 39.5 Å². The second-order valence-corrected chi connectivity index (χ2v) is 9.11. The van der Waals surface area contributed by atoms with Crippen LogP contribution in [0.2, 0.25) is 0 Å². The third-order valence-corrected chi connectivity index (χ3v) is 6.48. The monoisotopic (exact) mass is 538 g/mol. The smallest absolute Gasteiger partial charge is 0.153 e. The molecule has 0 aromatic heterocycles. The van der Waals surface area contributed by atoms with Gasteiger partial charge in [0.15, 0.2) is 6.29 Å². The SMILES string of the molecule is Cc1cc(C=O)c(OCCCCCCI)cc1/C=C/c1cccc(-c2ccccc2)c1C. The van der Waals surface area contributed by atoms with Crippen LogP contribution < -0.4 is 4.74 Å². The van der Waals surface area contributed by atoms with Gasteiger partial charge in [-0.3, -0.25) is 4.79 Å². The second-order valence-electron chi connectivity index (χ2n) is 8.04. The topological polar surface area (TPSA) is 26.3 Å². The zero-order chi connectivity index (χ0) is 22.8. The molecule has 0 spiro atoms. The molecule has 0 atom stereocenters. The van der Waals surface area contributed by atoms with Crippen molar-refractivity contribution in [2.24, 2.45) is 0 Å². The van der Waals surface area contributed by atoms with Crippen molar-refractivity contribution in [3.63, 3.8) is 0 Å². The highest BCUT2D eigenvalue weighted by atomic mass is 127. The molecule has 166 valence electrons. The van der Waals surface area contributed by atoms with Gasteiger partial charge in [0.05, 0.1) is 12.2 Å². The minimum Gasteiger partial charge on any atom is -0.493 e.